The highest BCUT2D eigenvalue weighted by Crippen LogP contribution is 2.55. The lowest BCUT2D eigenvalue weighted by Crippen LogP contribution is -2.32. The number of hydrogen-bond acceptors (Lipinski definition) is 6. The molecule has 1 aliphatic carbocycles. The molecule has 2 aliphatic rings. The quantitative estimate of drug-likeness (QED) is 0.545. The third-order valence-corrected chi connectivity index (χ3v) is 5.52. The third kappa shape index (κ3) is 4.00. The van der Waals surface area contributed by atoms with Crippen molar-refractivity contribution in [2.45, 2.75) is 12.0 Å². The van der Waals surface area contributed by atoms with Crippen LogP contribution in [0, 0.1) is 17.6 Å². The molecule has 1 fully saturated rings. The van der Waals surface area contributed by atoms with Crippen molar-refractivity contribution >= 4 is 17.8 Å². The average molecular weight is 453 g/mol. The van der Waals surface area contributed by atoms with Gasteiger partial charge in [0.25, 0.3) is 5.91 Å². The normalized spacial score (nSPS) is 20.0. The molecule has 0 spiro atoms. The van der Waals surface area contributed by atoms with Crippen molar-refractivity contribution in [3.8, 4) is 17.2 Å². The maximum absolute atomic E-state index is 14.2. The van der Waals surface area contributed by atoms with Crippen molar-refractivity contribution in [3.63, 3.8) is 0 Å². The number of rotatable bonds is 5. The summed E-state index contributed by atoms with van der Waals surface area (Å²) < 4.78 is 39.1. The van der Waals surface area contributed by atoms with Crippen LogP contribution in [0.5, 0.6) is 17.2 Å². The van der Waals surface area contributed by atoms with E-state index in [-0.39, 0.29) is 47.3 Å². The average Bonchev–Trinajstić information content (AvgIpc) is 3.50. The number of halogens is 2. The number of primary amides is 1. The van der Waals surface area contributed by atoms with Gasteiger partial charge in [-0.15, -0.1) is 0 Å². The summed E-state index contributed by atoms with van der Waals surface area (Å²) in [5.74, 6) is -1.34. The first-order valence-corrected chi connectivity index (χ1v) is 9.98. The van der Waals surface area contributed by atoms with Gasteiger partial charge in [0.2, 0.25) is 0 Å². The number of benzene rings is 1. The molecule has 3 aromatic rings. The summed E-state index contributed by atoms with van der Waals surface area (Å²) >= 11 is 0. The van der Waals surface area contributed by atoms with E-state index in [1.807, 2.05) is 0 Å². The van der Waals surface area contributed by atoms with Crippen molar-refractivity contribution < 1.29 is 27.8 Å². The number of nitrogens with zero attached hydrogens (tertiary/aromatic N) is 2. The zero-order valence-corrected chi connectivity index (χ0v) is 16.9. The number of amides is 3. The Morgan fingerprint density at radius 3 is 2.42 bits per heavy atom. The molecule has 9 nitrogen and oxygen atoms in total. The fourth-order valence-electron chi connectivity index (χ4n) is 3.90. The Morgan fingerprint density at radius 2 is 1.76 bits per heavy atom. The van der Waals surface area contributed by atoms with Crippen LogP contribution >= 0.6 is 0 Å². The first-order valence-electron chi connectivity index (χ1n) is 9.98. The molecule has 0 saturated heterocycles. The molecule has 3 heterocycles. The topological polar surface area (TPSA) is 128 Å². The molecule has 168 valence electrons. The van der Waals surface area contributed by atoms with Gasteiger partial charge in [-0.05, 0) is 36.4 Å². The van der Waals surface area contributed by atoms with Crippen molar-refractivity contribution in [3.05, 3.63) is 71.7 Å². The molecule has 1 aromatic carbocycles. The second-order valence-corrected chi connectivity index (χ2v) is 7.62. The zero-order chi connectivity index (χ0) is 23.1. The first-order chi connectivity index (χ1) is 15.9. The molecule has 0 radical (unpaired) electrons. The van der Waals surface area contributed by atoms with Gasteiger partial charge >= 0.3 is 6.03 Å². The van der Waals surface area contributed by atoms with Crippen LogP contribution in [0.4, 0.5) is 19.4 Å². The van der Waals surface area contributed by atoms with Crippen molar-refractivity contribution in [1.82, 2.24) is 15.3 Å². The standard InChI is InChI=1S/C22H17F2N5O4/c23-13-3-4-14(24)20-18(13)17-12(9-32-20)19(17)29-22(31)28-16-6-2-11(8-27-16)33-10-1-5-15(21(25)30)26-7-10/h1-8,12,17,19H,9H2,(H2,25,30)(H2,27,28,29,31)/t12-,17+,19+/m0/s1. The van der Waals surface area contributed by atoms with E-state index >= 15 is 0 Å². The van der Waals surface area contributed by atoms with Gasteiger partial charge in [0.15, 0.2) is 11.6 Å². The lowest BCUT2D eigenvalue weighted by atomic mass is 10.0. The fourth-order valence-corrected chi connectivity index (χ4v) is 3.90. The lowest BCUT2D eigenvalue weighted by Gasteiger charge is -2.16. The number of carbonyl (C=O) groups excluding carboxylic acids is 2. The van der Waals surface area contributed by atoms with Crippen LogP contribution in [0.1, 0.15) is 22.0 Å². The van der Waals surface area contributed by atoms with Gasteiger partial charge in [-0.3, -0.25) is 10.1 Å². The first kappa shape index (κ1) is 20.6. The summed E-state index contributed by atoms with van der Waals surface area (Å²) in [5.41, 5.74) is 5.42. The van der Waals surface area contributed by atoms with E-state index in [9.17, 15) is 18.4 Å². The zero-order valence-electron chi connectivity index (χ0n) is 16.9. The van der Waals surface area contributed by atoms with Crippen molar-refractivity contribution in [1.29, 1.82) is 0 Å². The molecule has 0 bridgehead atoms. The number of urea groups is 1. The number of ether oxygens (including phenoxy) is 2. The predicted octanol–water partition coefficient (Wildman–Crippen LogP) is 2.94. The molecule has 1 saturated carbocycles. The number of fused-ring (bicyclic) bond motifs is 3. The maximum atomic E-state index is 14.2. The third-order valence-electron chi connectivity index (χ3n) is 5.52. The Balaban J connectivity index is 1.18. The van der Waals surface area contributed by atoms with Crippen LogP contribution in [0.15, 0.2) is 48.8 Å². The number of nitrogens with two attached hydrogens (primary N) is 1. The summed E-state index contributed by atoms with van der Waals surface area (Å²) in [4.78, 5) is 31.4. The largest absolute Gasteiger partial charge is 0.490 e. The highest BCUT2D eigenvalue weighted by atomic mass is 19.1. The van der Waals surface area contributed by atoms with Crippen molar-refractivity contribution in [2.75, 3.05) is 11.9 Å². The van der Waals surface area contributed by atoms with E-state index in [4.69, 9.17) is 15.2 Å². The highest BCUT2D eigenvalue weighted by Gasteiger charge is 2.57. The van der Waals surface area contributed by atoms with Crippen LogP contribution in [-0.2, 0) is 0 Å². The van der Waals surface area contributed by atoms with Gasteiger partial charge in [-0.2, -0.15) is 0 Å². The number of carbonyl (C=O) groups is 2. The Kier molecular flexibility index (Phi) is 5.00. The predicted molar refractivity (Wildman–Crippen MR) is 111 cm³/mol. The van der Waals surface area contributed by atoms with Crippen LogP contribution in [0.25, 0.3) is 0 Å². The van der Waals surface area contributed by atoms with Gasteiger partial charge in [0, 0.05) is 23.4 Å². The summed E-state index contributed by atoms with van der Waals surface area (Å²) in [6.07, 6.45) is 2.75. The van der Waals surface area contributed by atoms with E-state index in [1.54, 1.807) is 12.1 Å². The molecule has 2 aromatic heterocycles. The Bertz CT molecular complexity index is 1240. The number of pyridine rings is 2. The number of anilines is 1. The summed E-state index contributed by atoms with van der Waals surface area (Å²) in [6, 6.07) is 7.28. The lowest BCUT2D eigenvalue weighted by molar-refractivity contribution is 0.0995. The van der Waals surface area contributed by atoms with Gasteiger partial charge in [0.1, 0.15) is 28.8 Å². The van der Waals surface area contributed by atoms with E-state index in [1.165, 1.54) is 24.5 Å². The summed E-state index contributed by atoms with van der Waals surface area (Å²) in [5, 5.41) is 5.36. The molecule has 4 N–H and O–H groups in total. The fraction of sp³-hybridized carbons (Fsp3) is 0.182. The number of hydrogen-bond donors (Lipinski definition) is 3. The Morgan fingerprint density at radius 1 is 1.03 bits per heavy atom. The minimum absolute atomic E-state index is 0.0855. The second-order valence-electron chi connectivity index (χ2n) is 7.62. The van der Waals surface area contributed by atoms with Crippen LogP contribution in [-0.4, -0.2) is 34.6 Å². The van der Waals surface area contributed by atoms with Crippen LogP contribution in [0.2, 0.25) is 0 Å². The van der Waals surface area contributed by atoms with E-state index < -0.39 is 23.6 Å². The monoisotopic (exact) mass is 453 g/mol. The SMILES string of the molecule is NC(=O)c1ccc(Oc2ccc(NC(=O)N[C@@H]3[C@H]4COc5c(F)ccc(F)c5[C@@H]43)nc2)cn1. The maximum Gasteiger partial charge on any atom is 0.320 e. The Hall–Kier alpha value is -4.28. The second kappa shape index (κ2) is 8.01. The van der Waals surface area contributed by atoms with E-state index in [0.717, 1.165) is 12.1 Å². The van der Waals surface area contributed by atoms with Crippen LogP contribution < -0.4 is 25.8 Å². The van der Waals surface area contributed by atoms with E-state index in [2.05, 4.69) is 20.6 Å². The highest BCUT2D eigenvalue weighted by molar-refractivity contribution is 5.90. The van der Waals surface area contributed by atoms with Gasteiger partial charge in [-0.25, -0.2) is 23.5 Å². The summed E-state index contributed by atoms with van der Waals surface area (Å²) in [6.45, 7) is 0.197. The van der Waals surface area contributed by atoms with E-state index in [0.29, 0.717) is 11.5 Å². The minimum atomic E-state index is -0.642. The molecule has 33 heavy (non-hydrogen) atoms. The smallest absolute Gasteiger partial charge is 0.320 e. The van der Waals surface area contributed by atoms with Gasteiger partial charge in [-0.1, -0.05) is 0 Å². The molecule has 1 aliphatic heterocycles. The molecule has 3 atom stereocenters. The Labute approximate surface area is 185 Å². The molecule has 3 amide bonds. The van der Waals surface area contributed by atoms with Gasteiger partial charge in [0.05, 0.1) is 19.0 Å². The van der Waals surface area contributed by atoms with Crippen LogP contribution in [0.3, 0.4) is 0 Å². The van der Waals surface area contributed by atoms with Crippen molar-refractivity contribution in [2.24, 2.45) is 11.7 Å². The molecular weight excluding hydrogens is 436 g/mol. The van der Waals surface area contributed by atoms with Gasteiger partial charge < -0.3 is 20.5 Å². The molecular formula is C22H17F2N5O4. The minimum Gasteiger partial charge on any atom is -0.490 e. The number of nitrogens with one attached hydrogen (secondary N) is 2. The molecule has 0 unspecified atom stereocenters. The number of aromatic nitrogens is 2. The summed E-state index contributed by atoms with van der Waals surface area (Å²) in [7, 11) is 0. The molecule has 5 rings (SSSR count). The molecule has 11 heteroatoms.